The highest BCUT2D eigenvalue weighted by molar-refractivity contribution is 7.12. The molecule has 0 spiro atoms. The number of nitrogens with one attached hydrogen (secondary N) is 1. The van der Waals surface area contributed by atoms with E-state index in [2.05, 4.69) is 5.10 Å². The molecule has 0 bridgehead atoms. The van der Waals surface area contributed by atoms with Crippen molar-refractivity contribution in [1.82, 2.24) is 9.78 Å². The second-order valence-electron chi connectivity index (χ2n) is 3.19. The van der Waals surface area contributed by atoms with Crippen LogP contribution in [0, 0.1) is 5.41 Å². The van der Waals surface area contributed by atoms with Crippen LogP contribution in [-0.4, -0.2) is 15.6 Å². The van der Waals surface area contributed by atoms with Crippen LogP contribution in [0.2, 0.25) is 0 Å². The Kier molecular flexibility index (Phi) is 2.82. The molecule has 0 radical (unpaired) electrons. The minimum absolute atomic E-state index is 0.0521. The SMILES string of the molecule is N=c1sc(N)nn1CC(=O)c1ccccc1. The molecule has 6 heteroatoms. The number of nitrogens with two attached hydrogens (primary N) is 1. The summed E-state index contributed by atoms with van der Waals surface area (Å²) in [5.74, 6) is -0.0793. The predicted molar refractivity (Wildman–Crippen MR) is 61.1 cm³/mol. The molecule has 1 aromatic carbocycles. The standard InChI is InChI=1S/C10H10N4OS/c11-9-13-14(10(12)16-9)6-8(15)7-4-2-1-3-5-7/h1-5,12H,6H2,(H2,11,13). The predicted octanol–water partition coefficient (Wildman–Crippen LogP) is 0.889. The van der Waals surface area contributed by atoms with Crippen molar-refractivity contribution in [3.63, 3.8) is 0 Å². The number of aromatic nitrogens is 2. The zero-order chi connectivity index (χ0) is 11.5. The van der Waals surface area contributed by atoms with Crippen molar-refractivity contribution in [3.05, 3.63) is 40.7 Å². The molecule has 2 rings (SSSR count). The lowest BCUT2D eigenvalue weighted by Crippen LogP contribution is -2.20. The molecular weight excluding hydrogens is 224 g/mol. The van der Waals surface area contributed by atoms with Gasteiger partial charge in [0.05, 0.1) is 0 Å². The van der Waals surface area contributed by atoms with Crippen LogP contribution in [0.4, 0.5) is 5.13 Å². The van der Waals surface area contributed by atoms with Crippen LogP contribution in [0.3, 0.4) is 0 Å². The van der Waals surface area contributed by atoms with E-state index in [1.54, 1.807) is 24.3 Å². The van der Waals surface area contributed by atoms with Crippen LogP contribution >= 0.6 is 11.3 Å². The van der Waals surface area contributed by atoms with Gasteiger partial charge in [-0.2, -0.15) is 0 Å². The Morgan fingerprint density at radius 3 is 2.69 bits per heavy atom. The number of anilines is 1. The highest BCUT2D eigenvalue weighted by Crippen LogP contribution is 2.03. The molecule has 16 heavy (non-hydrogen) atoms. The fourth-order valence-electron chi connectivity index (χ4n) is 1.30. The maximum atomic E-state index is 11.8. The molecule has 0 amide bonds. The molecule has 5 nitrogen and oxygen atoms in total. The number of hydrogen-bond donors (Lipinski definition) is 2. The van der Waals surface area contributed by atoms with Crippen LogP contribution in [0.5, 0.6) is 0 Å². The van der Waals surface area contributed by atoms with Gasteiger partial charge >= 0.3 is 0 Å². The number of ketones is 1. The van der Waals surface area contributed by atoms with Gasteiger partial charge in [0, 0.05) is 5.56 Å². The molecule has 0 saturated heterocycles. The second kappa shape index (κ2) is 4.28. The van der Waals surface area contributed by atoms with Crippen LogP contribution < -0.4 is 10.5 Å². The summed E-state index contributed by atoms with van der Waals surface area (Å²) in [5, 5.41) is 11.7. The van der Waals surface area contributed by atoms with Gasteiger partial charge in [-0.3, -0.25) is 10.2 Å². The number of nitrogen functional groups attached to an aromatic ring is 1. The van der Waals surface area contributed by atoms with Crippen molar-refractivity contribution in [2.75, 3.05) is 5.73 Å². The molecule has 0 aliphatic carbocycles. The zero-order valence-corrected chi connectivity index (χ0v) is 9.20. The van der Waals surface area contributed by atoms with Gasteiger partial charge in [0.15, 0.2) is 5.78 Å². The Labute approximate surface area is 95.7 Å². The molecule has 0 aliphatic heterocycles. The topological polar surface area (TPSA) is 84.8 Å². The molecule has 1 heterocycles. The zero-order valence-electron chi connectivity index (χ0n) is 8.38. The highest BCUT2D eigenvalue weighted by atomic mass is 32.1. The summed E-state index contributed by atoms with van der Waals surface area (Å²) in [6, 6.07) is 8.93. The summed E-state index contributed by atoms with van der Waals surface area (Å²) in [6.07, 6.45) is 0. The quantitative estimate of drug-likeness (QED) is 0.773. The van der Waals surface area contributed by atoms with E-state index in [1.165, 1.54) is 4.68 Å². The number of rotatable bonds is 3. The van der Waals surface area contributed by atoms with Gasteiger partial charge in [-0.1, -0.05) is 41.7 Å². The minimum Gasteiger partial charge on any atom is -0.374 e. The first kappa shape index (κ1) is 10.6. The number of carbonyl (C=O) groups excluding carboxylic acids is 1. The molecule has 0 unspecified atom stereocenters. The maximum Gasteiger partial charge on any atom is 0.202 e. The molecule has 0 fully saturated rings. The van der Waals surface area contributed by atoms with Gasteiger partial charge in [0.1, 0.15) is 6.54 Å². The Bertz CT molecular complexity index is 558. The molecule has 1 aromatic heterocycles. The molecule has 2 aromatic rings. The Morgan fingerprint density at radius 2 is 2.12 bits per heavy atom. The van der Waals surface area contributed by atoms with E-state index in [4.69, 9.17) is 11.1 Å². The molecule has 0 saturated carbocycles. The van der Waals surface area contributed by atoms with Crippen molar-refractivity contribution in [1.29, 1.82) is 5.41 Å². The first-order valence-electron chi connectivity index (χ1n) is 4.63. The van der Waals surface area contributed by atoms with E-state index in [9.17, 15) is 4.79 Å². The van der Waals surface area contributed by atoms with Crippen molar-refractivity contribution in [2.45, 2.75) is 6.54 Å². The lowest BCUT2D eigenvalue weighted by atomic mass is 10.1. The average Bonchev–Trinajstić information content (AvgIpc) is 2.59. The average molecular weight is 234 g/mol. The van der Waals surface area contributed by atoms with E-state index >= 15 is 0 Å². The van der Waals surface area contributed by atoms with E-state index < -0.39 is 0 Å². The Morgan fingerprint density at radius 1 is 1.44 bits per heavy atom. The van der Waals surface area contributed by atoms with E-state index in [0.717, 1.165) is 11.3 Å². The van der Waals surface area contributed by atoms with Gasteiger partial charge < -0.3 is 5.73 Å². The van der Waals surface area contributed by atoms with Crippen LogP contribution in [-0.2, 0) is 6.54 Å². The summed E-state index contributed by atoms with van der Waals surface area (Å²) < 4.78 is 1.30. The molecule has 3 N–H and O–H groups in total. The minimum atomic E-state index is -0.0793. The first-order chi connectivity index (χ1) is 7.66. The monoisotopic (exact) mass is 234 g/mol. The van der Waals surface area contributed by atoms with Crippen LogP contribution in [0.15, 0.2) is 30.3 Å². The first-order valence-corrected chi connectivity index (χ1v) is 5.45. The third-order valence-corrected chi connectivity index (χ3v) is 2.74. The molecule has 82 valence electrons. The summed E-state index contributed by atoms with van der Waals surface area (Å²) in [5.41, 5.74) is 6.06. The molecular formula is C10H10N4OS. The molecule has 0 atom stereocenters. The smallest absolute Gasteiger partial charge is 0.202 e. The van der Waals surface area contributed by atoms with Gasteiger partial charge in [0.2, 0.25) is 9.93 Å². The van der Waals surface area contributed by atoms with E-state index in [1.807, 2.05) is 6.07 Å². The normalized spacial score (nSPS) is 10.2. The van der Waals surface area contributed by atoms with Crippen molar-refractivity contribution in [2.24, 2.45) is 0 Å². The van der Waals surface area contributed by atoms with E-state index in [-0.39, 0.29) is 17.1 Å². The summed E-state index contributed by atoms with van der Waals surface area (Å²) in [6.45, 7) is 0.0521. The summed E-state index contributed by atoms with van der Waals surface area (Å²) in [4.78, 5) is 12.0. The Hall–Kier alpha value is -1.95. The van der Waals surface area contributed by atoms with Gasteiger partial charge in [-0.15, -0.1) is 5.10 Å². The highest BCUT2D eigenvalue weighted by Gasteiger charge is 2.08. The number of benzene rings is 1. The number of nitrogens with zero attached hydrogens (tertiary/aromatic N) is 2. The van der Waals surface area contributed by atoms with Crippen molar-refractivity contribution >= 4 is 22.3 Å². The van der Waals surface area contributed by atoms with E-state index in [0.29, 0.717) is 10.7 Å². The molecule has 0 aliphatic rings. The second-order valence-corrected chi connectivity index (χ2v) is 4.20. The lowest BCUT2D eigenvalue weighted by Gasteiger charge is -2.00. The fraction of sp³-hybridized carbons (Fsp3) is 0.100. The number of hydrogen-bond acceptors (Lipinski definition) is 5. The fourth-order valence-corrected chi connectivity index (χ4v) is 1.84. The summed E-state index contributed by atoms with van der Waals surface area (Å²) in [7, 11) is 0. The summed E-state index contributed by atoms with van der Waals surface area (Å²) >= 11 is 1.05. The van der Waals surface area contributed by atoms with Gasteiger partial charge in [0.25, 0.3) is 0 Å². The van der Waals surface area contributed by atoms with Crippen molar-refractivity contribution in [3.8, 4) is 0 Å². The van der Waals surface area contributed by atoms with Gasteiger partial charge in [-0.05, 0) is 0 Å². The van der Waals surface area contributed by atoms with Crippen LogP contribution in [0.25, 0.3) is 0 Å². The largest absolute Gasteiger partial charge is 0.374 e. The third-order valence-electron chi connectivity index (χ3n) is 2.04. The number of Topliss-reactive ketones (excluding diaryl/α,β-unsaturated/α-hetero) is 1. The third kappa shape index (κ3) is 2.17. The maximum absolute atomic E-state index is 11.8. The van der Waals surface area contributed by atoms with Crippen molar-refractivity contribution < 1.29 is 4.79 Å². The van der Waals surface area contributed by atoms with Crippen LogP contribution in [0.1, 0.15) is 10.4 Å². The number of carbonyl (C=O) groups is 1. The van der Waals surface area contributed by atoms with Gasteiger partial charge in [-0.25, -0.2) is 4.68 Å². The lowest BCUT2D eigenvalue weighted by molar-refractivity contribution is 0.0966. The Balaban J connectivity index is 2.20.